The Morgan fingerprint density at radius 1 is 1.24 bits per heavy atom. The second-order valence-corrected chi connectivity index (χ2v) is 3.65. The lowest BCUT2D eigenvalue weighted by atomic mass is 10.2. The van der Waals surface area contributed by atoms with Crippen molar-refractivity contribution in [3.8, 4) is 11.8 Å². The summed E-state index contributed by atoms with van der Waals surface area (Å²) in [5.41, 5.74) is 1.53. The van der Waals surface area contributed by atoms with Crippen LogP contribution in [-0.4, -0.2) is 4.98 Å². The van der Waals surface area contributed by atoms with Gasteiger partial charge in [0.25, 0.3) is 0 Å². The van der Waals surface area contributed by atoms with E-state index in [4.69, 9.17) is 10.00 Å². The molecule has 0 fully saturated rings. The molecule has 0 N–H and O–H groups in total. The highest BCUT2D eigenvalue weighted by molar-refractivity contribution is 5.42. The first-order valence-corrected chi connectivity index (χ1v) is 5.37. The van der Waals surface area contributed by atoms with E-state index in [1.165, 1.54) is 0 Å². The third-order valence-electron chi connectivity index (χ3n) is 2.47. The maximum atomic E-state index is 8.96. The van der Waals surface area contributed by atoms with E-state index in [1.807, 2.05) is 31.2 Å². The first-order valence-electron chi connectivity index (χ1n) is 5.37. The average Bonchev–Trinajstić information content (AvgIpc) is 2.40. The predicted molar refractivity (Wildman–Crippen MR) is 64.4 cm³/mol. The lowest BCUT2D eigenvalue weighted by molar-refractivity contribution is 0.226. The van der Waals surface area contributed by atoms with E-state index in [0.29, 0.717) is 11.3 Å². The Hall–Kier alpha value is -2.34. The van der Waals surface area contributed by atoms with E-state index in [-0.39, 0.29) is 6.10 Å². The van der Waals surface area contributed by atoms with Crippen molar-refractivity contribution in [3.63, 3.8) is 0 Å². The summed E-state index contributed by atoms with van der Waals surface area (Å²) in [6.45, 7) is 1.94. The number of rotatable bonds is 3. The van der Waals surface area contributed by atoms with Crippen LogP contribution in [0.5, 0.6) is 5.75 Å². The van der Waals surface area contributed by atoms with E-state index < -0.39 is 0 Å². The number of para-hydroxylation sites is 1. The van der Waals surface area contributed by atoms with Gasteiger partial charge in [0.2, 0.25) is 0 Å². The van der Waals surface area contributed by atoms with Crippen LogP contribution < -0.4 is 4.74 Å². The molecule has 1 aromatic heterocycles. The standard InChI is InChI=1S/C14H12N2O/c1-11(13-6-4-8-16-10-13)17-14-7-3-2-5-12(14)9-15/h2-8,10-11H,1H3. The van der Waals surface area contributed by atoms with Gasteiger partial charge in [-0.1, -0.05) is 18.2 Å². The summed E-state index contributed by atoms with van der Waals surface area (Å²) in [5, 5.41) is 8.96. The van der Waals surface area contributed by atoms with Gasteiger partial charge >= 0.3 is 0 Å². The molecule has 1 unspecified atom stereocenters. The Labute approximate surface area is 100 Å². The van der Waals surface area contributed by atoms with Crippen LogP contribution in [-0.2, 0) is 0 Å². The molecule has 3 heteroatoms. The predicted octanol–water partition coefficient (Wildman–Crippen LogP) is 3.09. The molecule has 2 aromatic rings. The molecule has 0 spiro atoms. The summed E-state index contributed by atoms with van der Waals surface area (Å²) in [6, 6.07) is 13.1. The first kappa shape index (κ1) is 11.2. The van der Waals surface area contributed by atoms with Crippen molar-refractivity contribution < 1.29 is 4.74 Å². The Bertz CT molecular complexity index is 531. The summed E-state index contributed by atoms with van der Waals surface area (Å²) < 4.78 is 5.76. The summed E-state index contributed by atoms with van der Waals surface area (Å²) in [5.74, 6) is 0.603. The van der Waals surface area contributed by atoms with Crippen molar-refractivity contribution >= 4 is 0 Å². The molecule has 0 saturated carbocycles. The SMILES string of the molecule is CC(Oc1ccccc1C#N)c1cccnc1. The number of nitrogens with zero attached hydrogens (tertiary/aromatic N) is 2. The molecular weight excluding hydrogens is 212 g/mol. The largest absolute Gasteiger partial charge is 0.485 e. The van der Waals surface area contributed by atoms with E-state index in [1.54, 1.807) is 24.5 Å². The van der Waals surface area contributed by atoms with Crippen LogP contribution >= 0.6 is 0 Å². The molecule has 2 rings (SSSR count). The normalized spacial score (nSPS) is 11.5. The lowest BCUT2D eigenvalue weighted by Gasteiger charge is -2.15. The Balaban J connectivity index is 2.19. The highest BCUT2D eigenvalue weighted by atomic mass is 16.5. The van der Waals surface area contributed by atoms with Crippen molar-refractivity contribution in [1.82, 2.24) is 4.98 Å². The van der Waals surface area contributed by atoms with Gasteiger partial charge in [-0.3, -0.25) is 4.98 Å². The van der Waals surface area contributed by atoms with Crippen LogP contribution in [0.15, 0.2) is 48.8 Å². The summed E-state index contributed by atoms with van der Waals surface area (Å²) in [7, 11) is 0. The number of hydrogen-bond donors (Lipinski definition) is 0. The third kappa shape index (κ3) is 2.61. The smallest absolute Gasteiger partial charge is 0.137 e. The molecule has 0 aliphatic rings. The highest BCUT2D eigenvalue weighted by Crippen LogP contribution is 2.23. The maximum Gasteiger partial charge on any atom is 0.137 e. The number of ether oxygens (including phenoxy) is 1. The molecule has 0 saturated heterocycles. The molecule has 0 aliphatic heterocycles. The quantitative estimate of drug-likeness (QED) is 0.804. The molecule has 1 heterocycles. The molecule has 1 aromatic carbocycles. The fraction of sp³-hybridized carbons (Fsp3) is 0.143. The number of nitriles is 1. The van der Waals surface area contributed by atoms with Gasteiger partial charge in [-0.25, -0.2) is 0 Å². The minimum absolute atomic E-state index is 0.127. The van der Waals surface area contributed by atoms with E-state index in [9.17, 15) is 0 Å². The summed E-state index contributed by atoms with van der Waals surface area (Å²) in [6.07, 6.45) is 3.36. The van der Waals surface area contributed by atoms with Gasteiger partial charge in [0, 0.05) is 18.0 Å². The van der Waals surface area contributed by atoms with Crippen molar-refractivity contribution in [2.45, 2.75) is 13.0 Å². The summed E-state index contributed by atoms with van der Waals surface area (Å²) >= 11 is 0. The van der Waals surface area contributed by atoms with Crippen molar-refractivity contribution in [1.29, 1.82) is 5.26 Å². The monoisotopic (exact) mass is 224 g/mol. The minimum atomic E-state index is -0.127. The molecule has 3 nitrogen and oxygen atoms in total. The van der Waals surface area contributed by atoms with Gasteiger partial charge in [-0.05, 0) is 25.1 Å². The Kier molecular flexibility index (Phi) is 3.37. The zero-order valence-electron chi connectivity index (χ0n) is 9.50. The van der Waals surface area contributed by atoms with Crippen LogP contribution in [0.4, 0.5) is 0 Å². The molecule has 0 bridgehead atoms. The first-order chi connectivity index (χ1) is 8.31. The second kappa shape index (κ2) is 5.13. The van der Waals surface area contributed by atoms with Gasteiger partial charge in [0.15, 0.2) is 0 Å². The summed E-state index contributed by atoms with van der Waals surface area (Å²) in [4.78, 5) is 4.04. The zero-order valence-corrected chi connectivity index (χ0v) is 9.50. The molecular formula is C14H12N2O. The van der Waals surface area contributed by atoms with Gasteiger partial charge in [0.05, 0.1) is 5.56 Å². The van der Waals surface area contributed by atoms with Gasteiger partial charge in [-0.15, -0.1) is 0 Å². The van der Waals surface area contributed by atoms with E-state index in [0.717, 1.165) is 5.56 Å². The minimum Gasteiger partial charge on any atom is -0.485 e. The van der Waals surface area contributed by atoms with Crippen LogP contribution in [0.3, 0.4) is 0 Å². The second-order valence-electron chi connectivity index (χ2n) is 3.65. The number of aromatic nitrogens is 1. The zero-order chi connectivity index (χ0) is 12.1. The van der Waals surface area contributed by atoms with Crippen LogP contribution in [0.25, 0.3) is 0 Å². The Morgan fingerprint density at radius 2 is 2.06 bits per heavy atom. The number of benzene rings is 1. The van der Waals surface area contributed by atoms with E-state index in [2.05, 4.69) is 11.1 Å². The number of pyridine rings is 1. The average molecular weight is 224 g/mol. The van der Waals surface area contributed by atoms with Crippen molar-refractivity contribution in [3.05, 3.63) is 59.9 Å². The molecule has 84 valence electrons. The molecule has 1 atom stereocenters. The van der Waals surface area contributed by atoms with Gasteiger partial charge in [0.1, 0.15) is 17.9 Å². The van der Waals surface area contributed by atoms with Crippen LogP contribution in [0, 0.1) is 11.3 Å². The van der Waals surface area contributed by atoms with Gasteiger partial charge in [-0.2, -0.15) is 5.26 Å². The number of hydrogen-bond acceptors (Lipinski definition) is 3. The van der Waals surface area contributed by atoms with Crippen LogP contribution in [0.2, 0.25) is 0 Å². The van der Waals surface area contributed by atoms with E-state index >= 15 is 0 Å². The topological polar surface area (TPSA) is 45.9 Å². The third-order valence-corrected chi connectivity index (χ3v) is 2.47. The molecule has 17 heavy (non-hydrogen) atoms. The van der Waals surface area contributed by atoms with Gasteiger partial charge < -0.3 is 4.74 Å². The van der Waals surface area contributed by atoms with Crippen molar-refractivity contribution in [2.24, 2.45) is 0 Å². The molecule has 0 radical (unpaired) electrons. The Morgan fingerprint density at radius 3 is 2.76 bits per heavy atom. The maximum absolute atomic E-state index is 8.96. The lowest BCUT2D eigenvalue weighted by Crippen LogP contribution is -2.04. The highest BCUT2D eigenvalue weighted by Gasteiger charge is 2.09. The molecule has 0 aliphatic carbocycles. The molecule has 0 amide bonds. The fourth-order valence-corrected chi connectivity index (χ4v) is 1.54. The van der Waals surface area contributed by atoms with Crippen LogP contribution in [0.1, 0.15) is 24.2 Å². The fourth-order valence-electron chi connectivity index (χ4n) is 1.54. The van der Waals surface area contributed by atoms with Crippen molar-refractivity contribution in [2.75, 3.05) is 0 Å².